The molecule has 0 amide bonds. The van der Waals surface area contributed by atoms with E-state index in [0.29, 0.717) is 12.8 Å². The van der Waals surface area contributed by atoms with Gasteiger partial charge < -0.3 is 4.13 Å². The highest BCUT2D eigenvalue weighted by molar-refractivity contribution is 8.12. The molecule has 0 N–H and O–H groups in total. The molecule has 0 spiro atoms. The molecule has 0 bridgehead atoms. The quantitative estimate of drug-likeness (QED) is 0.799. The van der Waals surface area contributed by atoms with Gasteiger partial charge in [-0.1, -0.05) is 6.92 Å². The van der Waals surface area contributed by atoms with Crippen LogP contribution in [0.5, 0.6) is 0 Å². The van der Waals surface area contributed by atoms with Gasteiger partial charge in [-0.2, -0.15) is 13.2 Å². The van der Waals surface area contributed by atoms with Crippen molar-refractivity contribution in [3.8, 4) is 0 Å². The molecule has 1 aliphatic rings. The average Bonchev–Trinajstić information content (AvgIpc) is 2.14. The number of hydrogen-bond donors (Lipinski definition) is 0. The van der Waals surface area contributed by atoms with Crippen molar-refractivity contribution in [2.75, 3.05) is 0 Å². The van der Waals surface area contributed by atoms with Crippen LogP contribution >= 0.6 is 0 Å². The number of sulfonamides is 2. The zero-order chi connectivity index (χ0) is 14.2. The highest BCUT2D eigenvalue weighted by Crippen LogP contribution is 2.35. The molecular weight excluding hydrogens is 295 g/mol. The van der Waals surface area contributed by atoms with E-state index in [-0.39, 0.29) is 18.8 Å². The van der Waals surface area contributed by atoms with E-state index in [1.807, 2.05) is 6.92 Å². The Hall–Kier alpha value is -0.350. The summed E-state index contributed by atoms with van der Waals surface area (Å²) in [4.78, 5) is 0. The van der Waals surface area contributed by atoms with Crippen molar-refractivity contribution in [3.05, 3.63) is 4.13 Å². The first-order valence-electron chi connectivity index (χ1n) is 5.25. The summed E-state index contributed by atoms with van der Waals surface area (Å²) in [6.45, 7) is 1.90. The van der Waals surface area contributed by atoms with Crippen LogP contribution in [0.2, 0.25) is 0 Å². The van der Waals surface area contributed by atoms with Crippen LogP contribution < -0.4 is 0 Å². The molecule has 0 radical (unpaired) electrons. The zero-order valence-electron chi connectivity index (χ0n) is 9.51. The molecule has 1 aliphatic carbocycles. The van der Waals surface area contributed by atoms with E-state index >= 15 is 0 Å². The minimum atomic E-state index is -5.98. The molecule has 0 aromatic carbocycles. The molecule has 0 atom stereocenters. The first kappa shape index (κ1) is 15.7. The van der Waals surface area contributed by atoms with Crippen molar-refractivity contribution in [1.82, 2.24) is 0 Å². The summed E-state index contributed by atoms with van der Waals surface area (Å²) in [6, 6.07) is 0. The van der Waals surface area contributed by atoms with E-state index in [1.165, 1.54) is 0 Å². The van der Waals surface area contributed by atoms with Crippen molar-refractivity contribution >= 4 is 20.0 Å². The first-order valence-corrected chi connectivity index (χ1v) is 8.19. The second-order valence-electron chi connectivity index (χ2n) is 4.39. The van der Waals surface area contributed by atoms with Gasteiger partial charge in [-0.25, -0.2) is 16.8 Å². The van der Waals surface area contributed by atoms with Gasteiger partial charge in [-0.05, 0) is 31.6 Å². The Morgan fingerprint density at radius 2 is 1.44 bits per heavy atom. The molecule has 5 nitrogen and oxygen atoms in total. The maximum Gasteiger partial charge on any atom is 0.480 e. The standard InChI is InChI=1S/C8H13F3NO4S2/c1-6-2-4-7(5-3-6)17(13,14)12-18(15,16)8(9,10)11/h6-7H,2-5H2,1H3/q-1. The first-order chi connectivity index (χ1) is 7.96. The molecule has 0 aromatic rings. The minimum Gasteiger partial charge on any atom is -0.428 e. The number of halogens is 3. The summed E-state index contributed by atoms with van der Waals surface area (Å²) in [5, 5.41) is -1.13. The van der Waals surface area contributed by atoms with Crippen molar-refractivity contribution in [2.24, 2.45) is 5.92 Å². The third-order valence-corrected chi connectivity index (χ3v) is 6.39. The molecule has 0 heterocycles. The third kappa shape index (κ3) is 3.58. The average molecular weight is 308 g/mol. The summed E-state index contributed by atoms with van der Waals surface area (Å²) in [7, 11) is -10.6. The van der Waals surface area contributed by atoms with Crippen LogP contribution in [-0.4, -0.2) is 27.6 Å². The predicted octanol–water partition coefficient (Wildman–Crippen LogP) is 2.12. The Morgan fingerprint density at radius 3 is 1.83 bits per heavy atom. The summed E-state index contributed by atoms with van der Waals surface area (Å²) in [5.41, 5.74) is -5.68. The summed E-state index contributed by atoms with van der Waals surface area (Å²) < 4.78 is 82.6. The molecule has 18 heavy (non-hydrogen) atoms. The molecule has 1 fully saturated rings. The Balaban J connectivity index is 2.84. The maximum absolute atomic E-state index is 12.0. The molecule has 0 aromatic heterocycles. The number of hydrogen-bond acceptors (Lipinski definition) is 4. The van der Waals surface area contributed by atoms with E-state index in [4.69, 9.17) is 0 Å². The van der Waals surface area contributed by atoms with Crippen LogP contribution in [-0.2, 0) is 20.0 Å². The van der Waals surface area contributed by atoms with E-state index in [2.05, 4.69) is 4.13 Å². The zero-order valence-corrected chi connectivity index (χ0v) is 11.1. The van der Waals surface area contributed by atoms with Crippen molar-refractivity contribution in [3.63, 3.8) is 0 Å². The van der Waals surface area contributed by atoms with Gasteiger partial charge in [0.25, 0.3) is 0 Å². The van der Waals surface area contributed by atoms with Gasteiger partial charge in [0.15, 0.2) is 10.0 Å². The molecule has 0 saturated heterocycles. The fraction of sp³-hybridized carbons (Fsp3) is 1.00. The fourth-order valence-electron chi connectivity index (χ4n) is 1.77. The van der Waals surface area contributed by atoms with Gasteiger partial charge >= 0.3 is 5.51 Å². The highest BCUT2D eigenvalue weighted by Gasteiger charge is 2.41. The molecule has 108 valence electrons. The van der Waals surface area contributed by atoms with Crippen LogP contribution in [0.3, 0.4) is 0 Å². The molecule has 10 heteroatoms. The van der Waals surface area contributed by atoms with Gasteiger partial charge in [0.1, 0.15) is 0 Å². The summed E-state index contributed by atoms with van der Waals surface area (Å²) in [6.07, 6.45) is 1.34. The predicted molar refractivity (Wildman–Crippen MR) is 58.7 cm³/mol. The van der Waals surface area contributed by atoms with Crippen molar-refractivity contribution in [2.45, 2.75) is 43.4 Å². The maximum atomic E-state index is 12.0. The Morgan fingerprint density at radius 1 is 1.00 bits per heavy atom. The molecule has 0 unspecified atom stereocenters. The summed E-state index contributed by atoms with van der Waals surface area (Å²) >= 11 is 0. The van der Waals surface area contributed by atoms with Crippen LogP contribution in [0.15, 0.2) is 0 Å². The Labute approximate surface area is 104 Å². The van der Waals surface area contributed by atoms with Gasteiger partial charge in [0.2, 0.25) is 0 Å². The molecule has 0 aliphatic heterocycles. The second-order valence-corrected chi connectivity index (χ2v) is 8.10. The lowest BCUT2D eigenvalue weighted by Crippen LogP contribution is -2.31. The van der Waals surface area contributed by atoms with Crippen LogP contribution in [0.25, 0.3) is 4.13 Å². The number of rotatable bonds is 3. The largest absolute Gasteiger partial charge is 0.480 e. The van der Waals surface area contributed by atoms with Gasteiger partial charge in [0.05, 0.1) is 10.0 Å². The monoisotopic (exact) mass is 308 g/mol. The topological polar surface area (TPSA) is 82.4 Å². The minimum absolute atomic E-state index is 0.139. The fourth-order valence-corrected chi connectivity index (χ4v) is 4.55. The SMILES string of the molecule is CC1CCC(S(=O)(=O)[N-]S(=O)(=O)C(F)(F)F)CC1. The smallest absolute Gasteiger partial charge is 0.428 e. The number of nitrogens with zero attached hydrogens (tertiary/aromatic N) is 1. The highest BCUT2D eigenvalue weighted by atomic mass is 32.3. The normalized spacial score (nSPS) is 27.1. The molecule has 1 rings (SSSR count). The van der Waals surface area contributed by atoms with E-state index in [9.17, 15) is 30.0 Å². The lowest BCUT2D eigenvalue weighted by molar-refractivity contribution is -0.0425. The lowest BCUT2D eigenvalue weighted by Gasteiger charge is -2.32. The van der Waals surface area contributed by atoms with Gasteiger partial charge in [-0.3, -0.25) is 0 Å². The van der Waals surface area contributed by atoms with E-state index in [1.54, 1.807) is 0 Å². The van der Waals surface area contributed by atoms with E-state index < -0.39 is 30.8 Å². The van der Waals surface area contributed by atoms with Gasteiger partial charge in [-0.15, -0.1) is 0 Å². The Kier molecular flexibility index (Phi) is 4.34. The summed E-state index contributed by atoms with van der Waals surface area (Å²) in [5.74, 6) is 0.288. The van der Waals surface area contributed by atoms with Crippen molar-refractivity contribution in [1.29, 1.82) is 0 Å². The van der Waals surface area contributed by atoms with Crippen LogP contribution in [0.1, 0.15) is 32.6 Å². The molecular formula is C8H13F3NO4S2-. The number of alkyl halides is 3. The van der Waals surface area contributed by atoms with Gasteiger partial charge in [0, 0.05) is 5.25 Å². The van der Waals surface area contributed by atoms with Crippen molar-refractivity contribution < 1.29 is 30.0 Å². The second kappa shape index (κ2) is 4.97. The van der Waals surface area contributed by atoms with E-state index in [0.717, 1.165) is 0 Å². The third-order valence-electron chi connectivity index (χ3n) is 2.88. The molecule has 1 saturated carbocycles. The van der Waals surface area contributed by atoms with Crippen LogP contribution in [0.4, 0.5) is 13.2 Å². The lowest BCUT2D eigenvalue weighted by atomic mass is 9.91. The van der Waals surface area contributed by atoms with Crippen LogP contribution in [0, 0.1) is 5.92 Å². The Bertz CT molecular complexity index is 489.